The third-order valence-corrected chi connectivity index (χ3v) is 5.69. The van der Waals surface area contributed by atoms with Gasteiger partial charge in [0.25, 0.3) is 0 Å². The Labute approximate surface area is 192 Å². The SMILES string of the molecule is CCCCCC/C=C/CC/C=C/[C@@H](O)[C@H](CO)NC(=O)CCCCCCCCCCC. The largest absolute Gasteiger partial charge is 0.394 e. The normalized spacial score (nSPS) is 13.8. The quantitative estimate of drug-likeness (QED) is 0.132. The van der Waals surface area contributed by atoms with E-state index < -0.39 is 12.1 Å². The predicted molar refractivity (Wildman–Crippen MR) is 133 cm³/mol. The molecule has 0 bridgehead atoms. The fraction of sp³-hybridized carbons (Fsp3) is 0.815. The second-order valence-electron chi connectivity index (χ2n) is 8.75. The van der Waals surface area contributed by atoms with Crippen molar-refractivity contribution in [3.63, 3.8) is 0 Å². The zero-order valence-corrected chi connectivity index (χ0v) is 20.5. The molecule has 0 unspecified atom stereocenters. The summed E-state index contributed by atoms with van der Waals surface area (Å²) in [6.45, 7) is 4.20. The first-order valence-corrected chi connectivity index (χ1v) is 13.1. The number of hydrogen-bond acceptors (Lipinski definition) is 3. The molecular formula is C27H51NO3. The van der Waals surface area contributed by atoms with Gasteiger partial charge in [-0.05, 0) is 32.1 Å². The molecule has 0 heterocycles. The lowest BCUT2D eigenvalue weighted by Gasteiger charge is -2.19. The van der Waals surface area contributed by atoms with Crippen molar-refractivity contribution < 1.29 is 15.0 Å². The molecule has 4 nitrogen and oxygen atoms in total. The average Bonchev–Trinajstić information content (AvgIpc) is 2.77. The summed E-state index contributed by atoms with van der Waals surface area (Å²) in [6, 6.07) is -0.628. The Morgan fingerprint density at radius 3 is 1.87 bits per heavy atom. The smallest absolute Gasteiger partial charge is 0.220 e. The van der Waals surface area contributed by atoms with Crippen molar-refractivity contribution in [2.45, 2.75) is 135 Å². The van der Waals surface area contributed by atoms with Crippen LogP contribution in [0.25, 0.3) is 0 Å². The highest BCUT2D eigenvalue weighted by Gasteiger charge is 2.17. The van der Waals surface area contributed by atoms with E-state index in [0.29, 0.717) is 6.42 Å². The maximum atomic E-state index is 12.1. The second-order valence-corrected chi connectivity index (χ2v) is 8.75. The van der Waals surface area contributed by atoms with Gasteiger partial charge in [-0.2, -0.15) is 0 Å². The average molecular weight is 438 g/mol. The molecule has 1 amide bonds. The number of aliphatic hydroxyl groups is 2. The van der Waals surface area contributed by atoms with Gasteiger partial charge in [0.15, 0.2) is 0 Å². The van der Waals surface area contributed by atoms with Crippen LogP contribution < -0.4 is 5.32 Å². The lowest BCUT2D eigenvalue weighted by Crippen LogP contribution is -2.45. The number of carbonyl (C=O) groups excluding carboxylic acids is 1. The predicted octanol–water partition coefficient (Wildman–Crippen LogP) is 6.61. The Hall–Kier alpha value is -1.13. The zero-order valence-electron chi connectivity index (χ0n) is 20.5. The Morgan fingerprint density at radius 2 is 1.26 bits per heavy atom. The first-order valence-electron chi connectivity index (χ1n) is 13.1. The van der Waals surface area contributed by atoms with Gasteiger partial charge in [-0.15, -0.1) is 0 Å². The summed E-state index contributed by atoms with van der Waals surface area (Å²) >= 11 is 0. The second kappa shape index (κ2) is 23.5. The monoisotopic (exact) mass is 437 g/mol. The Morgan fingerprint density at radius 1 is 0.742 bits per heavy atom. The van der Waals surface area contributed by atoms with Gasteiger partial charge >= 0.3 is 0 Å². The van der Waals surface area contributed by atoms with Gasteiger partial charge in [0.05, 0.1) is 18.8 Å². The molecule has 3 N–H and O–H groups in total. The van der Waals surface area contributed by atoms with Crippen LogP contribution in [0.15, 0.2) is 24.3 Å². The summed E-state index contributed by atoms with van der Waals surface area (Å²) in [6.07, 6.45) is 26.7. The highest BCUT2D eigenvalue weighted by Crippen LogP contribution is 2.11. The van der Waals surface area contributed by atoms with Gasteiger partial charge in [-0.1, -0.05) is 109 Å². The lowest BCUT2D eigenvalue weighted by atomic mass is 10.1. The van der Waals surface area contributed by atoms with E-state index >= 15 is 0 Å². The van der Waals surface area contributed by atoms with Crippen LogP contribution in [0.4, 0.5) is 0 Å². The highest BCUT2D eigenvalue weighted by atomic mass is 16.3. The van der Waals surface area contributed by atoms with Crippen LogP contribution in [0.2, 0.25) is 0 Å². The van der Waals surface area contributed by atoms with Crippen molar-refractivity contribution in [3.05, 3.63) is 24.3 Å². The molecule has 0 aliphatic heterocycles. The van der Waals surface area contributed by atoms with E-state index in [1.807, 2.05) is 6.08 Å². The molecular weight excluding hydrogens is 386 g/mol. The molecule has 4 heteroatoms. The fourth-order valence-corrected chi connectivity index (χ4v) is 3.60. The van der Waals surface area contributed by atoms with Gasteiger partial charge in [0, 0.05) is 6.42 Å². The summed E-state index contributed by atoms with van der Waals surface area (Å²) in [5.74, 6) is -0.0829. The van der Waals surface area contributed by atoms with Crippen molar-refractivity contribution in [2.24, 2.45) is 0 Å². The highest BCUT2D eigenvalue weighted by molar-refractivity contribution is 5.76. The van der Waals surface area contributed by atoms with E-state index in [1.165, 1.54) is 70.6 Å². The summed E-state index contributed by atoms with van der Waals surface area (Å²) in [5, 5.41) is 22.5. The van der Waals surface area contributed by atoms with Crippen molar-refractivity contribution in [2.75, 3.05) is 6.61 Å². The molecule has 31 heavy (non-hydrogen) atoms. The van der Waals surface area contributed by atoms with E-state index in [0.717, 1.165) is 32.1 Å². The van der Waals surface area contributed by atoms with Gasteiger partial charge in [-0.25, -0.2) is 0 Å². The number of rotatable bonds is 22. The number of amides is 1. The maximum Gasteiger partial charge on any atom is 0.220 e. The van der Waals surface area contributed by atoms with Gasteiger partial charge in [0.1, 0.15) is 0 Å². The molecule has 0 aromatic heterocycles. The fourth-order valence-electron chi connectivity index (χ4n) is 3.60. The minimum atomic E-state index is -0.852. The molecule has 0 aromatic carbocycles. The molecule has 0 aliphatic carbocycles. The van der Waals surface area contributed by atoms with Crippen LogP contribution in [0.3, 0.4) is 0 Å². The number of nitrogens with one attached hydrogen (secondary N) is 1. The maximum absolute atomic E-state index is 12.1. The van der Waals surface area contributed by atoms with E-state index in [1.54, 1.807) is 6.08 Å². The van der Waals surface area contributed by atoms with E-state index in [2.05, 4.69) is 31.3 Å². The minimum absolute atomic E-state index is 0.0829. The summed E-state index contributed by atoms with van der Waals surface area (Å²) < 4.78 is 0. The standard InChI is InChI=1S/C27H51NO3/c1-3-5-7-9-11-13-15-16-18-20-22-26(30)25(24-29)28-27(31)23-21-19-17-14-12-10-8-6-4-2/h13,15,20,22,25-26,29-30H,3-12,14,16-19,21,23-24H2,1-2H3,(H,28,31)/b15-13+,22-20+/t25-,26+/m0/s1. The van der Waals surface area contributed by atoms with Crippen LogP contribution in [0.1, 0.15) is 123 Å². The van der Waals surface area contributed by atoms with E-state index in [4.69, 9.17) is 0 Å². The lowest BCUT2D eigenvalue weighted by molar-refractivity contribution is -0.123. The molecule has 0 fully saturated rings. The first-order chi connectivity index (χ1) is 15.2. The van der Waals surface area contributed by atoms with Crippen LogP contribution in [-0.2, 0) is 4.79 Å². The van der Waals surface area contributed by atoms with Crippen molar-refractivity contribution >= 4 is 5.91 Å². The number of hydrogen-bond donors (Lipinski definition) is 3. The topological polar surface area (TPSA) is 69.6 Å². The molecule has 0 aromatic rings. The molecule has 182 valence electrons. The minimum Gasteiger partial charge on any atom is -0.394 e. The van der Waals surface area contributed by atoms with Crippen LogP contribution in [0, 0.1) is 0 Å². The van der Waals surface area contributed by atoms with Gasteiger partial charge in [-0.3, -0.25) is 4.79 Å². The van der Waals surface area contributed by atoms with Crippen LogP contribution in [-0.4, -0.2) is 34.9 Å². The molecule has 2 atom stereocenters. The summed E-state index contributed by atoms with van der Waals surface area (Å²) in [4.78, 5) is 12.1. The zero-order chi connectivity index (χ0) is 23.0. The summed E-state index contributed by atoms with van der Waals surface area (Å²) in [5.41, 5.74) is 0. The van der Waals surface area contributed by atoms with Crippen molar-refractivity contribution in [1.29, 1.82) is 0 Å². The van der Waals surface area contributed by atoms with Crippen LogP contribution in [0.5, 0.6) is 0 Å². The van der Waals surface area contributed by atoms with Crippen molar-refractivity contribution in [1.82, 2.24) is 5.32 Å². The number of unbranched alkanes of at least 4 members (excludes halogenated alkanes) is 13. The van der Waals surface area contributed by atoms with Gasteiger partial charge in [0.2, 0.25) is 5.91 Å². The number of aliphatic hydroxyl groups excluding tert-OH is 2. The molecule has 0 saturated carbocycles. The van der Waals surface area contributed by atoms with Gasteiger partial charge < -0.3 is 15.5 Å². The van der Waals surface area contributed by atoms with Crippen molar-refractivity contribution in [3.8, 4) is 0 Å². The third-order valence-electron chi connectivity index (χ3n) is 5.69. The van der Waals surface area contributed by atoms with E-state index in [9.17, 15) is 15.0 Å². The number of carbonyl (C=O) groups is 1. The Balaban J connectivity index is 3.82. The first kappa shape index (κ1) is 29.9. The Bertz CT molecular complexity index is 448. The van der Waals surface area contributed by atoms with Crippen LogP contribution >= 0.6 is 0 Å². The number of allylic oxidation sites excluding steroid dienone is 3. The molecule has 0 spiro atoms. The molecule has 0 aliphatic rings. The van der Waals surface area contributed by atoms with E-state index in [-0.39, 0.29) is 12.5 Å². The Kier molecular flexibility index (Phi) is 22.7. The third kappa shape index (κ3) is 20.5. The molecule has 0 rings (SSSR count). The molecule has 0 saturated heterocycles. The molecule has 0 radical (unpaired) electrons. The summed E-state index contributed by atoms with van der Waals surface area (Å²) in [7, 11) is 0.